The summed E-state index contributed by atoms with van der Waals surface area (Å²) >= 11 is -18.6. The zero-order valence-corrected chi connectivity index (χ0v) is 10.6. The predicted octanol–water partition coefficient (Wildman–Crippen LogP) is -1.48. The zero-order chi connectivity index (χ0) is 10.3. The normalized spacial score (nSPS) is 35.7. The van der Waals surface area contributed by atoms with E-state index in [2.05, 4.69) is 0 Å². The van der Waals surface area contributed by atoms with Gasteiger partial charge in [0.25, 0.3) is 0 Å². The molecule has 0 rings (SSSR count). The molecule has 12 heavy (non-hydrogen) atoms. The molecule has 0 amide bonds. The summed E-state index contributed by atoms with van der Waals surface area (Å²) in [6, 6.07) is 0. The molecule has 0 radical (unpaired) electrons. The van der Waals surface area contributed by atoms with Gasteiger partial charge in [-0.3, -0.25) is 0 Å². The third-order valence-corrected chi connectivity index (χ3v) is 0. The Labute approximate surface area is 94.4 Å². The molecule has 0 saturated carbocycles. The molecule has 0 aromatic heterocycles. The molecule has 73 valence electrons. The molecule has 0 unspecified atom stereocenters. The molecule has 0 aromatic rings. The van der Waals surface area contributed by atoms with E-state index in [0.29, 0.717) is 0 Å². The van der Waals surface area contributed by atoms with Gasteiger partial charge >= 0.3 is 96.1 Å². The average molecular weight is 313 g/mol. The van der Waals surface area contributed by atoms with Crippen molar-refractivity contribution in [2.45, 2.75) is 0 Å². The SMILES string of the molecule is [K+].[O]=[Nb](=[O])([O-])([F])([F])([F])([F])([F])([F])[F]. The Kier molecular flexibility index (Phi) is 1.00. The van der Waals surface area contributed by atoms with Gasteiger partial charge in [0, 0.05) is 0 Å². The third kappa shape index (κ3) is 597. The summed E-state index contributed by atoms with van der Waals surface area (Å²) in [5, 5.41) is 0. The first-order chi connectivity index (χ1) is 3.16. The second-order valence-electron chi connectivity index (χ2n) is 3.01. The maximum atomic E-state index is 10.3. The van der Waals surface area contributed by atoms with Gasteiger partial charge in [-0.05, 0) is 0 Å². The van der Waals surface area contributed by atoms with Crippen molar-refractivity contribution in [3.8, 4) is 0 Å². The van der Waals surface area contributed by atoms with Crippen LogP contribution in [-0.4, -0.2) is 0 Å². The summed E-state index contributed by atoms with van der Waals surface area (Å²) in [5.41, 5.74) is 0. The van der Waals surface area contributed by atoms with Gasteiger partial charge in [0.05, 0.1) is 0 Å². The summed E-state index contributed by atoms with van der Waals surface area (Å²) in [6.45, 7) is 0. The van der Waals surface area contributed by atoms with Crippen molar-refractivity contribution in [3.05, 3.63) is 0 Å². The molecule has 0 bridgehead atoms. The van der Waals surface area contributed by atoms with E-state index in [4.69, 9.17) is 10.1 Å². The average Bonchev–Trinajstić information content (AvgIpc) is 0.439. The topological polar surface area (TPSA) is 57.2 Å². The van der Waals surface area contributed by atoms with Gasteiger partial charge in [0.1, 0.15) is 0 Å². The molecule has 0 fully saturated rings. The van der Waals surface area contributed by atoms with Gasteiger partial charge in [-0.1, -0.05) is 0 Å². The molecule has 12 heteroatoms. The molecular weight excluding hydrogens is 313 g/mol. The van der Waals surface area contributed by atoms with Crippen LogP contribution in [0.5, 0.6) is 0 Å². The van der Waals surface area contributed by atoms with E-state index in [9.17, 15) is 21.2 Å². The van der Waals surface area contributed by atoms with E-state index in [0.717, 1.165) is 0 Å². The first-order valence-corrected chi connectivity index (χ1v) is 10.2. The zero-order valence-electron chi connectivity index (χ0n) is 5.32. The van der Waals surface area contributed by atoms with E-state index in [1.165, 1.54) is 0 Å². The second kappa shape index (κ2) is 0.756. The summed E-state index contributed by atoms with van der Waals surface area (Å²) < 4.78 is 95.8. The van der Waals surface area contributed by atoms with Crippen LogP contribution in [0.1, 0.15) is 0 Å². The van der Waals surface area contributed by atoms with Crippen LogP contribution in [0.2, 0.25) is 0 Å². The van der Waals surface area contributed by atoms with Crippen LogP contribution in [0.3, 0.4) is 0 Å². The maximum absolute atomic E-state index is 18.6. The predicted molar refractivity (Wildman–Crippen MR) is 9.13 cm³/mol. The van der Waals surface area contributed by atoms with E-state index in [-0.39, 0.29) is 51.4 Å². The second-order valence-corrected chi connectivity index (χ2v) is 17.8. The summed E-state index contributed by atoms with van der Waals surface area (Å²) in [7, 11) is 0. The summed E-state index contributed by atoms with van der Waals surface area (Å²) in [6.07, 6.45) is 0. The molecule has 0 heterocycles. The first-order valence-electron chi connectivity index (χ1n) is 1.73. The van der Waals surface area contributed by atoms with E-state index in [1.54, 1.807) is 0 Å². The Morgan fingerprint density at radius 1 is 0.750 bits per heavy atom. The van der Waals surface area contributed by atoms with E-state index >= 15 is 0 Å². The van der Waals surface area contributed by atoms with Crippen LogP contribution in [0, 0.1) is 0 Å². The van der Waals surface area contributed by atoms with Crippen molar-refractivity contribution in [2.75, 3.05) is 0 Å². The molecule has 0 aliphatic carbocycles. The number of hydrogen-bond donors (Lipinski definition) is 0. The Balaban J connectivity index is 0. The number of halogens is 7. The fraction of sp³-hybridized carbons (Fsp3) is 0. The molecule has 0 saturated heterocycles. The molecule has 0 atom stereocenters. The number of rotatable bonds is 0. The van der Waals surface area contributed by atoms with Gasteiger partial charge in [0.2, 0.25) is 0 Å². The Hall–Kier alpha value is 1.45. The standard InChI is InChI=1S/7FH.K.Nb.3O/h7*1H;;;;;/q;;;;;;;+1;+7;;;-1/p-7. The van der Waals surface area contributed by atoms with Gasteiger partial charge in [0.15, 0.2) is 0 Å². The van der Waals surface area contributed by atoms with Crippen molar-refractivity contribution in [1.82, 2.24) is 0 Å². The minimum absolute atomic E-state index is 0. The van der Waals surface area contributed by atoms with E-state index in [1.807, 2.05) is 0 Å². The molecule has 0 aromatic carbocycles. The van der Waals surface area contributed by atoms with Gasteiger partial charge < -0.3 is 0 Å². The van der Waals surface area contributed by atoms with Gasteiger partial charge in [-0.15, -0.1) is 0 Å². The third-order valence-electron chi connectivity index (χ3n) is 0. The molecular formula is F7KNbO3. The van der Waals surface area contributed by atoms with Crippen molar-refractivity contribution in [2.24, 2.45) is 0 Å². The Bertz CT molecular complexity index is 512. The minimum atomic E-state index is -18.6. The van der Waals surface area contributed by atoms with Gasteiger partial charge in [-0.25, -0.2) is 0 Å². The van der Waals surface area contributed by atoms with Crippen molar-refractivity contribution >= 4 is 0 Å². The van der Waals surface area contributed by atoms with Crippen LogP contribution >= 0.6 is 0 Å². The summed E-state index contributed by atoms with van der Waals surface area (Å²) in [4.78, 5) is 0. The van der Waals surface area contributed by atoms with Crippen LogP contribution in [0.15, 0.2) is 0 Å². The van der Waals surface area contributed by atoms with Crippen LogP contribution in [0.25, 0.3) is 0 Å². The molecule has 3 nitrogen and oxygen atoms in total. The first kappa shape index (κ1) is 15.9. The van der Waals surface area contributed by atoms with Gasteiger partial charge in [-0.2, -0.15) is 0 Å². The molecule has 0 aliphatic rings. The fourth-order valence-electron chi connectivity index (χ4n) is 0. The fourth-order valence-corrected chi connectivity index (χ4v) is 0. The Morgan fingerprint density at radius 3 is 0.750 bits per heavy atom. The van der Waals surface area contributed by atoms with Crippen LogP contribution in [0.4, 0.5) is 21.2 Å². The molecule has 0 aliphatic heterocycles. The van der Waals surface area contributed by atoms with Crippen LogP contribution < -0.4 is 55.0 Å². The molecule has 0 N–H and O–H groups in total. The van der Waals surface area contributed by atoms with Crippen LogP contribution in [-0.2, 0) is 19.9 Å². The van der Waals surface area contributed by atoms with E-state index < -0.39 is 13.4 Å². The Morgan fingerprint density at radius 2 is 0.750 bits per heavy atom. The monoisotopic (exact) mass is 313 g/mol. The van der Waals surface area contributed by atoms with Crippen molar-refractivity contribution < 1.29 is 96.1 Å². The molecule has 0 spiro atoms. The summed E-state index contributed by atoms with van der Waals surface area (Å²) in [5.74, 6) is 0. The number of hydrogen-bond acceptors (Lipinski definition) is 3. The van der Waals surface area contributed by atoms with Crippen molar-refractivity contribution in [3.63, 3.8) is 0 Å². The quantitative estimate of drug-likeness (QED) is 0.405. The van der Waals surface area contributed by atoms with Crippen molar-refractivity contribution in [1.29, 1.82) is 0 Å².